The number of carbonyl (C=O) groups is 1. The minimum atomic E-state index is -0.283. The molecule has 1 amide bonds. The lowest BCUT2D eigenvalue weighted by molar-refractivity contribution is -0.122. The van der Waals surface area contributed by atoms with Crippen molar-refractivity contribution in [1.29, 1.82) is 0 Å². The van der Waals surface area contributed by atoms with Gasteiger partial charge in [-0.1, -0.05) is 0 Å². The Kier molecular flexibility index (Phi) is 5.42. The molecule has 2 aromatic rings. The lowest BCUT2D eigenvalue weighted by atomic mass is 10.3. The standard InChI is InChI=1S/C17H24FN5O/c1-22-7-2-8-23(10-9-22)12-17(24)19-6-5-16-20-14-4-3-13(18)11-15(14)21-16/h3-4,11H,2,5-10,12H2,1H3,(H,19,24)(H,20,21). The number of hydrogen-bond donors (Lipinski definition) is 2. The maximum absolute atomic E-state index is 13.2. The maximum Gasteiger partial charge on any atom is 0.234 e. The Hall–Kier alpha value is -1.99. The predicted molar refractivity (Wildman–Crippen MR) is 91.3 cm³/mol. The van der Waals surface area contributed by atoms with E-state index in [0.717, 1.165) is 43.9 Å². The van der Waals surface area contributed by atoms with E-state index in [0.29, 0.717) is 25.0 Å². The molecule has 1 aliphatic rings. The van der Waals surface area contributed by atoms with Crippen molar-refractivity contribution in [3.63, 3.8) is 0 Å². The smallest absolute Gasteiger partial charge is 0.234 e. The molecule has 2 N–H and O–H groups in total. The third-order valence-corrected chi connectivity index (χ3v) is 4.36. The number of nitrogens with one attached hydrogen (secondary N) is 2. The molecule has 0 bridgehead atoms. The highest BCUT2D eigenvalue weighted by Crippen LogP contribution is 2.12. The fourth-order valence-electron chi connectivity index (χ4n) is 2.99. The van der Waals surface area contributed by atoms with Crippen LogP contribution in [0.3, 0.4) is 0 Å². The van der Waals surface area contributed by atoms with Crippen LogP contribution in [0.4, 0.5) is 4.39 Å². The number of rotatable bonds is 5. The fraction of sp³-hybridized carbons (Fsp3) is 0.529. The Morgan fingerprint density at radius 2 is 2.21 bits per heavy atom. The maximum atomic E-state index is 13.2. The first-order valence-corrected chi connectivity index (χ1v) is 8.42. The number of hydrogen-bond acceptors (Lipinski definition) is 4. The number of aromatic amines is 1. The van der Waals surface area contributed by atoms with E-state index < -0.39 is 0 Å². The number of H-pyrrole nitrogens is 1. The van der Waals surface area contributed by atoms with Crippen molar-refractivity contribution in [2.45, 2.75) is 12.8 Å². The zero-order valence-corrected chi connectivity index (χ0v) is 14.0. The van der Waals surface area contributed by atoms with Crippen LogP contribution >= 0.6 is 0 Å². The zero-order valence-electron chi connectivity index (χ0n) is 14.0. The molecule has 1 fully saturated rings. The van der Waals surface area contributed by atoms with Gasteiger partial charge in [0.25, 0.3) is 0 Å². The van der Waals surface area contributed by atoms with Crippen molar-refractivity contribution < 1.29 is 9.18 Å². The molecule has 24 heavy (non-hydrogen) atoms. The van der Waals surface area contributed by atoms with E-state index in [4.69, 9.17) is 0 Å². The van der Waals surface area contributed by atoms with Crippen molar-refractivity contribution in [2.75, 3.05) is 46.3 Å². The summed E-state index contributed by atoms with van der Waals surface area (Å²) in [6.07, 6.45) is 1.70. The highest BCUT2D eigenvalue weighted by atomic mass is 19.1. The zero-order chi connectivity index (χ0) is 16.9. The largest absolute Gasteiger partial charge is 0.355 e. The van der Waals surface area contributed by atoms with Crippen molar-refractivity contribution in [1.82, 2.24) is 25.1 Å². The molecule has 130 valence electrons. The highest BCUT2D eigenvalue weighted by Gasteiger charge is 2.14. The van der Waals surface area contributed by atoms with Gasteiger partial charge in [0, 0.05) is 26.1 Å². The molecule has 6 nitrogen and oxygen atoms in total. The van der Waals surface area contributed by atoms with Gasteiger partial charge in [-0.15, -0.1) is 0 Å². The van der Waals surface area contributed by atoms with Gasteiger partial charge in [-0.05, 0) is 44.8 Å². The number of nitrogens with zero attached hydrogens (tertiary/aromatic N) is 3. The van der Waals surface area contributed by atoms with Crippen LogP contribution < -0.4 is 5.32 Å². The number of likely N-dealkylation sites (N-methyl/N-ethyl adjacent to an activating group) is 1. The van der Waals surface area contributed by atoms with Crippen LogP contribution in [0.1, 0.15) is 12.2 Å². The molecule has 1 saturated heterocycles. The van der Waals surface area contributed by atoms with E-state index in [1.807, 2.05) is 0 Å². The summed E-state index contributed by atoms with van der Waals surface area (Å²) in [5.74, 6) is 0.517. The van der Waals surface area contributed by atoms with Crippen LogP contribution in [0.25, 0.3) is 11.0 Å². The van der Waals surface area contributed by atoms with Gasteiger partial charge < -0.3 is 15.2 Å². The minimum absolute atomic E-state index is 0.0432. The SMILES string of the molecule is CN1CCCN(CC(=O)NCCc2nc3ccc(F)cc3[nH]2)CC1. The van der Waals surface area contributed by atoms with E-state index in [2.05, 4.69) is 32.1 Å². The van der Waals surface area contributed by atoms with E-state index in [9.17, 15) is 9.18 Å². The van der Waals surface area contributed by atoms with Gasteiger partial charge in [-0.3, -0.25) is 9.69 Å². The number of halogens is 1. The van der Waals surface area contributed by atoms with Gasteiger partial charge in [0.1, 0.15) is 11.6 Å². The number of imidazole rings is 1. The summed E-state index contributed by atoms with van der Waals surface area (Å²) in [6.45, 7) is 4.95. The third-order valence-electron chi connectivity index (χ3n) is 4.36. The van der Waals surface area contributed by atoms with E-state index >= 15 is 0 Å². The molecule has 1 aromatic carbocycles. The quantitative estimate of drug-likeness (QED) is 0.857. The molecular weight excluding hydrogens is 309 g/mol. The summed E-state index contributed by atoms with van der Waals surface area (Å²) in [4.78, 5) is 24.0. The number of amides is 1. The van der Waals surface area contributed by atoms with Crippen LogP contribution in [0.15, 0.2) is 18.2 Å². The fourth-order valence-corrected chi connectivity index (χ4v) is 2.99. The number of benzene rings is 1. The number of carbonyl (C=O) groups excluding carboxylic acids is 1. The van der Waals surface area contributed by atoms with E-state index in [-0.39, 0.29) is 11.7 Å². The predicted octanol–water partition coefficient (Wildman–Crippen LogP) is 0.998. The molecular formula is C17H24FN5O. The molecule has 2 heterocycles. The lowest BCUT2D eigenvalue weighted by Gasteiger charge is -2.19. The molecule has 1 aliphatic heterocycles. The van der Waals surface area contributed by atoms with Gasteiger partial charge in [0.2, 0.25) is 5.91 Å². The monoisotopic (exact) mass is 333 g/mol. The van der Waals surface area contributed by atoms with E-state index in [1.54, 1.807) is 6.07 Å². The van der Waals surface area contributed by atoms with Crippen molar-refractivity contribution in [2.24, 2.45) is 0 Å². The summed E-state index contributed by atoms with van der Waals surface area (Å²) in [7, 11) is 2.11. The van der Waals surface area contributed by atoms with Crippen LogP contribution in [-0.2, 0) is 11.2 Å². The molecule has 0 saturated carbocycles. The molecule has 0 aliphatic carbocycles. The minimum Gasteiger partial charge on any atom is -0.355 e. The van der Waals surface area contributed by atoms with Crippen LogP contribution in [0.5, 0.6) is 0 Å². The van der Waals surface area contributed by atoms with Crippen molar-refractivity contribution in [3.8, 4) is 0 Å². The first-order valence-electron chi connectivity index (χ1n) is 8.42. The summed E-state index contributed by atoms with van der Waals surface area (Å²) in [6, 6.07) is 4.48. The Balaban J connectivity index is 1.44. The van der Waals surface area contributed by atoms with Gasteiger partial charge >= 0.3 is 0 Å². The normalized spacial score (nSPS) is 17.1. The molecule has 7 heteroatoms. The summed E-state index contributed by atoms with van der Waals surface area (Å²) in [5, 5.41) is 2.94. The molecule has 1 aromatic heterocycles. The topological polar surface area (TPSA) is 64.3 Å². The van der Waals surface area contributed by atoms with Crippen molar-refractivity contribution in [3.05, 3.63) is 29.8 Å². The van der Waals surface area contributed by atoms with Gasteiger partial charge in [0.15, 0.2) is 0 Å². The summed E-state index contributed by atoms with van der Waals surface area (Å²) in [5.41, 5.74) is 1.43. The van der Waals surface area contributed by atoms with Crippen molar-refractivity contribution >= 4 is 16.9 Å². The Morgan fingerprint density at radius 1 is 1.33 bits per heavy atom. The third kappa shape index (κ3) is 4.52. The average Bonchev–Trinajstić information content (AvgIpc) is 2.82. The second-order valence-electron chi connectivity index (χ2n) is 6.38. The van der Waals surface area contributed by atoms with Crippen LogP contribution in [0, 0.1) is 5.82 Å². The first kappa shape index (κ1) is 16.9. The molecule has 0 radical (unpaired) electrons. The second-order valence-corrected chi connectivity index (χ2v) is 6.38. The Labute approximate surface area is 141 Å². The van der Waals surface area contributed by atoms with Crippen LogP contribution in [-0.4, -0.2) is 72.0 Å². The molecule has 0 atom stereocenters. The van der Waals surface area contributed by atoms with Gasteiger partial charge in [-0.2, -0.15) is 0 Å². The molecule has 0 spiro atoms. The average molecular weight is 333 g/mol. The summed E-state index contributed by atoms with van der Waals surface area (Å²) >= 11 is 0. The lowest BCUT2D eigenvalue weighted by Crippen LogP contribution is -2.39. The van der Waals surface area contributed by atoms with Gasteiger partial charge in [0.05, 0.1) is 17.6 Å². The first-order chi connectivity index (χ1) is 11.6. The van der Waals surface area contributed by atoms with Crippen LogP contribution in [0.2, 0.25) is 0 Å². The Morgan fingerprint density at radius 3 is 3.08 bits per heavy atom. The number of aromatic nitrogens is 2. The highest BCUT2D eigenvalue weighted by molar-refractivity contribution is 5.78. The Bertz CT molecular complexity index is 701. The van der Waals surface area contributed by atoms with Gasteiger partial charge in [-0.25, -0.2) is 9.37 Å². The second kappa shape index (κ2) is 7.72. The number of fused-ring (bicyclic) bond motifs is 1. The van der Waals surface area contributed by atoms with E-state index in [1.165, 1.54) is 12.1 Å². The summed E-state index contributed by atoms with van der Waals surface area (Å²) < 4.78 is 13.2. The molecule has 0 unspecified atom stereocenters. The molecule has 3 rings (SSSR count).